The molecule has 4 nitrogen and oxygen atoms in total. The van der Waals surface area contributed by atoms with Crippen LogP contribution in [0.5, 0.6) is 0 Å². The van der Waals surface area contributed by atoms with E-state index >= 15 is 0 Å². The molecule has 19 heavy (non-hydrogen) atoms. The number of carboxylic acids is 1. The lowest BCUT2D eigenvalue weighted by molar-refractivity contribution is -0.0705. The van der Waals surface area contributed by atoms with E-state index in [1.807, 2.05) is 13.8 Å². The molecule has 1 aliphatic heterocycles. The van der Waals surface area contributed by atoms with E-state index in [0.29, 0.717) is 12.1 Å². The predicted molar refractivity (Wildman–Crippen MR) is 68.6 cm³/mol. The molecule has 0 aliphatic carbocycles. The minimum atomic E-state index is -1.11. The highest BCUT2D eigenvalue weighted by molar-refractivity contribution is 5.87. The standard InChI is InChI=1S/C14H18FNO3/c1-9-6-16(7-10(2)19-9)8-11-3-12(14(17)18)5-13(15)4-11/h3-5,9-10H,6-8H2,1-2H3,(H,17,18)/t9-,10+. The molecule has 0 unspecified atom stereocenters. The number of carboxylic acid groups (broad SMARTS) is 1. The van der Waals surface area contributed by atoms with Gasteiger partial charge < -0.3 is 9.84 Å². The van der Waals surface area contributed by atoms with Gasteiger partial charge in [-0.15, -0.1) is 0 Å². The van der Waals surface area contributed by atoms with Crippen LogP contribution in [0.1, 0.15) is 29.8 Å². The van der Waals surface area contributed by atoms with Gasteiger partial charge in [-0.3, -0.25) is 4.90 Å². The van der Waals surface area contributed by atoms with Crippen LogP contribution in [-0.2, 0) is 11.3 Å². The van der Waals surface area contributed by atoms with Crippen LogP contribution in [-0.4, -0.2) is 41.3 Å². The van der Waals surface area contributed by atoms with Crippen molar-refractivity contribution in [1.29, 1.82) is 0 Å². The summed E-state index contributed by atoms with van der Waals surface area (Å²) < 4.78 is 19.0. The first-order chi connectivity index (χ1) is 8.94. The molecule has 1 heterocycles. The monoisotopic (exact) mass is 267 g/mol. The molecule has 0 radical (unpaired) electrons. The summed E-state index contributed by atoms with van der Waals surface area (Å²) in [6, 6.07) is 3.95. The van der Waals surface area contributed by atoms with E-state index in [9.17, 15) is 9.18 Å². The minimum Gasteiger partial charge on any atom is -0.478 e. The van der Waals surface area contributed by atoms with Gasteiger partial charge in [0.05, 0.1) is 17.8 Å². The van der Waals surface area contributed by atoms with Crippen molar-refractivity contribution in [2.24, 2.45) is 0 Å². The van der Waals surface area contributed by atoms with Crippen LogP contribution >= 0.6 is 0 Å². The van der Waals surface area contributed by atoms with Crippen LogP contribution in [0, 0.1) is 5.82 Å². The molecule has 1 saturated heterocycles. The molecule has 0 bridgehead atoms. The number of benzene rings is 1. The maximum atomic E-state index is 13.4. The fourth-order valence-electron chi connectivity index (χ4n) is 2.54. The molecule has 0 spiro atoms. The van der Waals surface area contributed by atoms with Gasteiger partial charge in [0.1, 0.15) is 5.82 Å². The summed E-state index contributed by atoms with van der Waals surface area (Å²) >= 11 is 0. The van der Waals surface area contributed by atoms with Crippen LogP contribution in [0.2, 0.25) is 0 Å². The molecule has 5 heteroatoms. The highest BCUT2D eigenvalue weighted by Gasteiger charge is 2.22. The van der Waals surface area contributed by atoms with E-state index in [4.69, 9.17) is 9.84 Å². The van der Waals surface area contributed by atoms with Gasteiger partial charge in [-0.05, 0) is 37.6 Å². The number of nitrogens with zero attached hydrogens (tertiary/aromatic N) is 1. The Bertz CT molecular complexity index is 468. The summed E-state index contributed by atoms with van der Waals surface area (Å²) in [6.07, 6.45) is 0.271. The van der Waals surface area contributed by atoms with Gasteiger partial charge in [-0.25, -0.2) is 9.18 Å². The maximum absolute atomic E-state index is 13.4. The van der Waals surface area contributed by atoms with Crippen molar-refractivity contribution in [1.82, 2.24) is 4.90 Å². The second-order valence-electron chi connectivity index (χ2n) is 5.10. The average Bonchev–Trinajstić information content (AvgIpc) is 2.26. The Kier molecular flexibility index (Phi) is 4.17. The molecule has 0 aromatic heterocycles. The zero-order valence-electron chi connectivity index (χ0n) is 11.1. The largest absolute Gasteiger partial charge is 0.478 e. The molecule has 2 rings (SSSR count). The van der Waals surface area contributed by atoms with E-state index < -0.39 is 11.8 Å². The fourth-order valence-corrected chi connectivity index (χ4v) is 2.54. The summed E-state index contributed by atoms with van der Waals surface area (Å²) in [5.74, 6) is -1.62. The van der Waals surface area contributed by atoms with Crippen molar-refractivity contribution in [3.63, 3.8) is 0 Å². The lowest BCUT2D eigenvalue weighted by Crippen LogP contribution is -2.44. The average molecular weight is 267 g/mol. The number of morpholine rings is 1. The second kappa shape index (κ2) is 5.67. The molecule has 104 valence electrons. The molecule has 0 amide bonds. The fraction of sp³-hybridized carbons (Fsp3) is 0.500. The Morgan fingerprint density at radius 2 is 2.00 bits per heavy atom. The number of halogens is 1. The Balaban J connectivity index is 2.12. The Morgan fingerprint density at radius 1 is 1.37 bits per heavy atom. The van der Waals surface area contributed by atoms with E-state index in [1.54, 1.807) is 0 Å². The minimum absolute atomic E-state index is 0.00986. The SMILES string of the molecule is C[C@@H]1CN(Cc2cc(F)cc(C(=O)O)c2)C[C@H](C)O1. The predicted octanol–water partition coefficient (Wildman–Crippen LogP) is 2.13. The molecule has 1 aromatic carbocycles. The Morgan fingerprint density at radius 3 is 2.58 bits per heavy atom. The van der Waals surface area contributed by atoms with Gasteiger partial charge in [0.25, 0.3) is 0 Å². The van der Waals surface area contributed by atoms with Crippen molar-refractivity contribution in [3.8, 4) is 0 Å². The van der Waals surface area contributed by atoms with Crippen molar-refractivity contribution >= 4 is 5.97 Å². The van der Waals surface area contributed by atoms with E-state index in [-0.39, 0.29) is 17.8 Å². The molecule has 1 N–H and O–H groups in total. The smallest absolute Gasteiger partial charge is 0.335 e. The van der Waals surface area contributed by atoms with Crippen molar-refractivity contribution in [2.45, 2.75) is 32.6 Å². The molecule has 2 atom stereocenters. The molecule has 1 aromatic rings. The summed E-state index contributed by atoms with van der Waals surface area (Å²) in [5.41, 5.74) is 0.669. The van der Waals surface area contributed by atoms with Crippen molar-refractivity contribution in [2.75, 3.05) is 13.1 Å². The third kappa shape index (κ3) is 3.75. The number of hydrogen-bond acceptors (Lipinski definition) is 3. The third-order valence-electron chi connectivity index (χ3n) is 3.11. The van der Waals surface area contributed by atoms with E-state index in [1.165, 1.54) is 12.1 Å². The van der Waals surface area contributed by atoms with E-state index in [0.717, 1.165) is 19.2 Å². The number of rotatable bonds is 3. The van der Waals surface area contributed by atoms with Gasteiger partial charge in [0.2, 0.25) is 0 Å². The number of hydrogen-bond donors (Lipinski definition) is 1. The zero-order chi connectivity index (χ0) is 14.0. The highest BCUT2D eigenvalue weighted by Crippen LogP contribution is 2.16. The number of carbonyl (C=O) groups is 1. The lowest BCUT2D eigenvalue weighted by atomic mass is 10.1. The first-order valence-corrected chi connectivity index (χ1v) is 6.34. The Labute approximate surface area is 111 Å². The summed E-state index contributed by atoms with van der Waals surface area (Å²) in [4.78, 5) is 13.1. The van der Waals surface area contributed by atoms with Crippen LogP contribution in [0.4, 0.5) is 4.39 Å². The molecular formula is C14H18FNO3. The molecule has 0 saturated carbocycles. The van der Waals surface area contributed by atoms with E-state index in [2.05, 4.69) is 4.90 Å². The molecule has 1 fully saturated rings. The summed E-state index contributed by atoms with van der Waals surface area (Å²) in [5, 5.41) is 8.92. The number of aromatic carboxylic acids is 1. The Hall–Kier alpha value is -1.46. The normalized spacial score (nSPS) is 24.4. The van der Waals surface area contributed by atoms with Crippen LogP contribution < -0.4 is 0 Å². The quantitative estimate of drug-likeness (QED) is 0.911. The second-order valence-corrected chi connectivity index (χ2v) is 5.10. The summed E-state index contributed by atoms with van der Waals surface area (Å²) in [7, 11) is 0. The summed E-state index contributed by atoms with van der Waals surface area (Å²) in [6.45, 7) is 6.07. The topological polar surface area (TPSA) is 49.8 Å². The van der Waals surface area contributed by atoms with Gasteiger partial charge >= 0.3 is 5.97 Å². The third-order valence-corrected chi connectivity index (χ3v) is 3.11. The van der Waals surface area contributed by atoms with Crippen LogP contribution in [0.3, 0.4) is 0 Å². The van der Waals surface area contributed by atoms with Gasteiger partial charge in [0.15, 0.2) is 0 Å². The zero-order valence-corrected chi connectivity index (χ0v) is 11.1. The molecule has 1 aliphatic rings. The maximum Gasteiger partial charge on any atom is 0.335 e. The van der Waals surface area contributed by atoms with Gasteiger partial charge in [-0.1, -0.05) is 0 Å². The van der Waals surface area contributed by atoms with Crippen LogP contribution in [0.25, 0.3) is 0 Å². The first-order valence-electron chi connectivity index (χ1n) is 6.34. The van der Waals surface area contributed by atoms with Gasteiger partial charge in [-0.2, -0.15) is 0 Å². The highest BCUT2D eigenvalue weighted by atomic mass is 19.1. The first kappa shape index (κ1) is 14.0. The lowest BCUT2D eigenvalue weighted by Gasteiger charge is -2.35. The molecular weight excluding hydrogens is 249 g/mol. The number of ether oxygens (including phenoxy) is 1. The van der Waals surface area contributed by atoms with Crippen molar-refractivity contribution < 1.29 is 19.0 Å². The van der Waals surface area contributed by atoms with Crippen molar-refractivity contribution in [3.05, 3.63) is 35.1 Å². The van der Waals surface area contributed by atoms with Crippen LogP contribution in [0.15, 0.2) is 18.2 Å². The van der Waals surface area contributed by atoms with Gasteiger partial charge in [0, 0.05) is 19.6 Å².